The van der Waals surface area contributed by atoms with Crippen molar-refractivity contribution < 1.29 is 0 Å². The lowest BCUT2D eigenvalue weighted by Crippen LogP contribution is -2.17. The second kappa shape index (κ2) is 11.3. The molecule has 0 amide bonds. The SMILES string of the molecule is CC.CCCC(CC)n1cc(C)c2nc(-c3cnc(N(C)CC)cc3CC)c(C)nc21. The second-order valence-corrected chi connectivity index (χ2v) is 7.97. The molecule has 5 heteroatoms. The van der Waals surface area contributed by atoms with Gasteiger partial charge in [-0.2, -0.15) is 0 Å². The van der Waals surface area contributed by atoms with Crippen molar-refractivity contribution in [3.8, 4) is 11.3 Å². The van der Waals surface area contributed by atoms with Crippen LogP contribution in [0, 0.1) is 13.8 Å². The summed E-state index contributed by atoms with van der Waals surface area (Å²) in [5.41, 5.74) is 7.50. The molecule has 3 aromatic heterocycles. The number of hydrogen-bond donors (Lipinski definition) is 0. The van der Waals surface area contributed by atoms with Crippen molar-refractivity contribution in [1.82, 2.24) is 19.5 Å². The van der Waals surface area contributed by atoms with Crippen LogP contribution in [0.5, 0.6) is 0 Å². The van der Waals surface area contributed by atoms with Gasteiger partial charge in [-0.15, -0.1) is 0 Å². The Hall–Kier alpha value is -2.43. The van der Waals surface area contributed by atoms with Crippen LogP contribution >= 0.6 is 0 Å². The lowest BCUT2D eigenvalue weighted by atomic mass is 10.0. The van der Waals surface area contributed by atoms with Gasteiger partial charge in [0, 0.05) is 37.6 Å². The topological polar surface area (TPSA) is 46.8 Å². The van der Waals surface area contributed by atoms with Crippen molar-refractivity contribution in [1.29, 1.82) is 0 Å². The van der Waals surface area contributed by atoms with Crippen LogP contribution in [-0.4, -0.2) is 33.1 Å². The van der Waals surface area contributed by atoms with E-state index in [-0.39, 0.29) is 0 Å². The molecule has 0 fully saturated rings. The normalized spacial score (nSPS) is 11.9. The minimum atomic E-state index is 0.479. The molecule has 0 spiro atoms. The van der Waals surface area contributed by atoms with Gasteiger partial charge in [-0.05, 0) is 57.2 Å². The molecule has 31 heavy (non-hydrogen) atoms. The van der Waals surface area contributed by atoms with Gasteiger partial charge in [0.15, 0.2) is 5.65 Å². The molecule has 0 saturated heterocycles. The zero-order valence-electron chi connectivity index (χ0n) is 21.1. The second-order valence-electron chi connectivity index (χ2n) is 7.97. The molecule has 170 valence electrons. The van der Waals surface area contributed by atoms with E-state index in [0.29, 0.717) is 6.04 Å². The third-order valence-corrected chi connectivity index (χ3v) is 5.97. The molecule has 0 aliphatic carbocycles. The molecular formula is C26H41N5. The average molecular weight is 424 g/mol. The standard InChI is InChI=1S/C24H35N5.C2H6/c1-8-12-19(10-3)29-15-16(5)22-24(29)26-17(6)23(27-22)20-14-25-21(28(7)11-4)13-18(20)9-2;1-2/h13-15,19H,8-12H2,1-7H3;1-2H3. The summed E-state index contributed by atoms with van der Waals surface area (Å²) in [7, 11) is 2.07. The number of aromatic nitrogens is 4. The Bertz CT molecular complexity index is 989. The largest absolute Gasteiger partial charge is 0.360 e. The minimum Gasteiger partial charge on any atom is -0.360 e. The van der Waals surface area contributed by atoms with Gasteiger partial charge in [0.05, 0.1) is 11.4 Å². The van der Waals surface area contributed by atoms with E-state index in [0.717, 1.165) is 53.3 Å². The summed E-state index contributed by atoms with van der Waals surface area (Å²) in [5.74, 6) is 1.01. The zero-order valence-corrected chi connectivity index (χ0v) is 21.1. The summed E-state index contributed by atoms with van der Waals surface area (Å²) in [5, 5.41) is 0. The Morgan fingerprint density at radius 3 is 2.35 bits per heavy atom. The molecule has 5 nitrogen and oxygen atoms in total. The molecule has 0 bridgehead atoms. The number of aryl methyl sites for hydroxylation is 3. The van der Waals surface area contributed by atoms with Crippen LogP contribution in [-0.2, 0) is 6.42 Å². The lowest BCUT2D eigenvalue weighted by molar-refractivity contribution is 0.457. The fourth-order valence-electron chi connectivity index (χ4n) is 4.05. The maximum absolute atomic E-state index is 5.11. The predicted molar refractivity (Wildman–Crippen MR) is 134 cm³/mol. The van der Waals surface area contributed by atoms with Crippen LogP contribution in [0.1, 0.15) is 83.7 Å². The molecule has 1 atom stereocenters. The van der Waals surface area contributed by atoms with Crippen LogP contribution in [0.2, 0.25) is 0 Å². The number of fused-ring (bicyclic) bond motifs is 1. The van der Waals surface area contributed by atoms with Gasteiger partial charge in [0.2, 0.25) is 0 Å². The molecule has 1 unspecified atom stereocenters. The van der Waals surface area contributed by atoms with Crippen molar-refractivity contribution in [2.75, 3.05) is 18.5 Å². The molecule has 0 saturated carbocycles. The van der Waals surface area contributed by atoms with E-state index in [4.69, 9.17) is 15.0 Å². The molecule has 0 aliphatic heterocycles. The first-order valence-corrected chi connectivity index (χ1v) is 12.0. The lowest BCUT2D eigenvalue weighted by Gasteiger charge is -2.19. The first-order valence-electron chi connectivity index (χ1n) is 12.0. The van der Waals surface area contributed by atoms with Gasteiger partial charge < -0.3 is 9.47 Å². The van der Waals surface area contributed by atoms with Gasteiger partial charge >= 0.3 is 0 Å². The van der Waals surface area contributed by atoms with Crippen molar-refractivity contribution in [2.45, 2.75) is 87.1 Å². The smallest absolute Gasteiger partial charge is 0.159 e. The van der Waals surface area contributed by atoms with Gasteiger partial charge in [0.25, 0.3) is 0 Å². The van der Waals surface area contributed by atoms with Crippen molar-refractivity contribution in [2.24, 2.45) is 0 Å². The first kappa shape index (κ1) is 24.8. The van der Waals surface area contributed by atoms with E-state index < -0.39 is 0 Å². The quantitative estimate of drug-likeness (QED) is 0.395. The van der Waals surface area contributed by atoms with Gasteiger partial charge in [-0.25, -0.2) is 15.0 Å². The summed E-state index contributed by atoms with van der Waals surface area (Å²) in [6.07, 6.45) is 8.59. The minimum absolute atomic E-state index is 0.479. The van der Waals surface area contributed by atoms with E-state index in [9.17, 15) is 0 Å². The van der Waals surface area contributed by atoms with Crippen molar-refractivity contribution in [3.63, 3.8) is 0 Å². The van der Waals surface area contributed by atoms with Gasteiger partial charge in [0.1, 0.15) is 11.3 Å². The molecule has 3 heterocycles. The molecular weight excluding hydrogens is 382 g/mol. The maximum atomic E-state index is 5.11. The van der Waals surface area contributed by atoms with Crippen LogP contribution in [0.25, 0.3) is 22.4 Å². The molecule has 0 N–H and O–H groups in total. The number of anilines is 1. The Morgan fingerprint density at radius 1 is 1.06 bits per heavy atom. The van der Waals surface area contributed by atoms with Crippen LogP contribution < -0.4 is 4.90 Å². The average Bonchev–Trinajstić information content (AvgIpc) is 3.12. The highest BCUT2D eigenvalue weighted by atomic mass is 15.2. The fraction of sp³-hybridized carbons (Fsp3) is 0.577. The third kappa shape index (κ3) is 5.08. The Kier molecular flexibility index (Phi) is 9.02. The highest BCUT2D eigenvalue weighted by Gasteiger charge is 2.19. The highest BCUT2D eigenvalue weighted by Crippen LogP contribution is 2.31. The monoisotopic (exact) mass is 423 g/mol. The summed E-state index contributed by atoms with van der Waals surface area (Å²) < 4.78 is 2.34. The predicted octanol–water partition coefficient (Wildman–Crippen LogP) is 6.91. The van der Waals surface area contributed by atoms with Crippen LogP contribution in [0.3, 0.4) is 0 Å². The summed E-state index contributed by atoms with van der Waals surface area (Å²) in [6, 6.07) is 2.67. The van der Waals surface area contributed by atoms with Crippen molar-refractivity contribution >= 4 is 17.0 Å². The van der Waals surface area contributed by atoms with E-state index in [2.05, 4.69) is 70.3 Å². The zero-order chi connectivity index (χ0) is 23.1. The summed E-state index contributed by atoms with van der Waals surface area (Å²) >= 11 is 0. The van der Waals surface area contributed by atoms with Crippen LogP contribution in [0.15, 0.2) is 18.5 Å². The molecule has 0 aliphatic rings. The molecule has 0 aromatic carbocycles. The van der Waals surface area contributed by atoms with Crippen LogP contribution in [0.4, 0.5) is 5.82 Å². The van der Waals surface area contributed by atoms with Gasteiger partial charge in [-0.1, -0.05) is 41.0 Å². The number of hydrogen-bond acceptors (Lipinski definition) is 4. The van der Waals surface area contributed by atoms with E-state index in [1.165, 1.54) is 24.0 Å². The van der Waals surface area contributed by atoms with E-state index in [1.54, 1.807) is 0 Å². The number of pyridine rings is 1. The number of rotatable bonds is 8. The molecule has 0 radical (unpaired) electrons. The number of nitrogens with zero attached hydrogens (tertiary/aromatic N) is 5. The fourth-order valence-corrected chi connectivity index (χ4v) is 4.05. The Labute approximate surface area is 188 Å². The van der Waals surface area contributed by atoms with E-state index in [1.807, 2.05) is 20.0 Å². The van der Waals surface area contributed by atoms with E-state index >= 15 is 0 Å². The summed E-state index contributed by atoms with van der Waals surface area (Å²) in [4.78, 5) is 17.0. The third-order valence-electron chi connectivity index (χ3n) is 5.97. The Balaban J connectivity index is 0.00000166. The highest BCUT2D eigenvalue weighted by molar-refractivity contribution is 5.80. The molecule has 3 rings (SSSR count). The summed E-state index contributed by atoms with van der Waals surface area (Å²) in [6.45, 7) is 18.0. The molecule has 3 aromatic rings. The van der Waals surface area contributed by atoms with Crippen molar-refractivity contribution in [3.05, 3.63) is 35.3 Å². The Morgan fingerprint density at radius 2 is 1.77 bits per heavy atom. The van der Waals surface area contributed by atoms with Gasteiger partial charge in [-0.3, -0.25) is 0 Å². The maximum Gasteiger partial charge on any atom is 0.159 e. The first-order chi connectivity index (χ1) is 14.9.